The summed E-state index contributed by atoms with van der Waals surface area (Å²) < 4.78 is 13.6. The first kappa shape index (κ1) is 15.9. The summed E-state index contributed by atoms with van der Waals surface area (Å²) in [6.45, 7) is 5.35. The van der Waals surface area contributed by atoms with Gasteiger partial charge in [0.25, 0.3) is 5.69 Å². The molecule has 0 bridgehead atoms. The molecule has 1 aromatic carbocycles. The summed E-state index contributed by atoms with van der Waals surface area (Å²) in [6, 6.07) is 3.38. The molecule has 1 aromatic rings. The van der Waals surface area contributed by atoms with Crippen LogP contribution >= 0.6 is 0 Å². The lowest BCUT2D eigenvalue weighted by molar-refractivity contribution is -0.385. The number of carbonyl (C=O) groups excluding carboxylic acids is 1. The maximum Gasteiger partial charge on any atom is 0.272 e. The minimum atomic E-state index is -0.700. The zero-order valence-corrected chi connectivity index (χ0v) is 11.6. The Kier molecular flexibility index (Phi) is 5.89. The fourth-order valence-corrected chi connectivity index (χ4v) is 1.80. The molecule has 0 spiro atoms. The standard InChI is InChI=1S/C13H18FN3O3/c1-3-16(4-2)13(18)7-8-15-12-6-5-10(17(19)20)9-11(12)14/h5-6,9,15H,3-4,7-8H2,1-2H3. The van der Waals surface area contributed by atoms with Crippen LogP contribution in [-0.4, -0.2) is 35.4 Å². The second-order valence-electron chi connectivity index (χ2n) is 4.16. The number of nitrogens with one attached hydrogen (secondary N) is 1. The molecule has 7 heteroatoms. The van der Waals surface area contributed by atoms with Crippen LogP contribution in [0.15, 0.2) is 18.2 Å². The molecule has 6 nitrogen and oxygen atoms in total. The molecule has 0 saturated heterocycles. The van der Waals surface area contributed by atoms with Gasteiger partial charge in [-0.25, -0.2) is 4.39 Å². The van der Waals surface area contributed by atoms with Crippen LogP contribution in [0.1, 0.15) is 20.3 Å². The molecule has 0 unspecified atom stereocenters. The third-order valence-corrected chi connectivity index (χ3v) is 2.93. The summed E-state index contributed by atoms with van der Waals surface area (Å²) in [5.41, 5.74) is -0.143. The van der Waals surface area contributed by atoms with Gasteiger partial charge < -0.3 is 10.2 Å². The van der Waals surface area contributed by atoms with Crippen molar-refractivity contribution in [2.45, 2.75) is 20.3 Å². The van der Waals surface area contributed by atoms with Gasteiger partial charge in [0.15, 0.2) is 5.82 Å². The van der Waals surface area contributed by atoms with Crippen LogP contribution in [0.5, 0.6) is 0 Å². The molecule has 0 aromatic heterocycles. The molecule has 1 amide bonds. The van der Waals surface area contributed by atoms with E-state index >= 15 is 0 Å². The summed E-state index contributed by atoms with van der Waals surface area (Å²) >= 11 is 0. The highest BCUT2D eigenvalue weighted by atomic mass is 19.1. The van der Waals surface area contributed by atoms with Gasteiger partial charge >= 0.3 is 0 Å². The maximum absolute atomic E-state index is 13.6. The molecule has 0 heterocycles. The van der Waals surface area contributed by atoms with Crippen molar-refractivity contribution in [3.05, 3.63) is 34.1 Å². The van der Waals surface area contributed by atoms with Crippen LogP contribution in [-0.2, 0) is 4.79 Å². The van der Waals surface area contributed by atoms with E-state index in [0.29, 0.717) is 13.1 Å². The van der Waals surface area contributed by atoms with Crippen molar-refractivity contribution in [2.75, 3.05) is 25.0 Å². The number of rotatable bonds is 7. The zero-order valence-electron chi connectivity index (χ0n) is 11.6. The van der Waals surface area contributed by atoms with E-state index in [-0.39, 0.29) is 30.2 Å². The van der Waals surface area contributed by atoms with Gasteiger partial charge in [0.05, 0.1) is 16.7 Å². The molecule has 0 atom stereocenters. The number of anilines is 1. The van der Waals surface area contributed by atoms with E-state index in [1.54, 1.807) is 4.90 Å². The van der Waals surface area contributed by atoms with Gasteiger partial charge in [0.2, 0.25) is 5.91 Å². The predicted octanol–water partition coefficient (Wildman–Crippen LogP) is 2.40. The Morgan fingerprint density at radius 1 is 1.40 bits per heavy atom. The van der Waals surface area contributed by atoms with Crippen LogP contribution < -0.4 is 5.32 Å². The molecule has 0 radical (unpaired) electrons. The summed E-state index contributed by atoms with van der Waals surface area (Å²) in [7, 11) is 0. The molecule has 0 aliphatic carbocycles. The number of hydrogen-bond donors (Lipinski definition) is 1. The van der Waals surface area contributed by atoms with Gasteiger partial charge in [0.1, 0.15) is 0 Å². The summed E-state index contributed by atoms with van der Waals surface area (Å²) in [4.78, 5) is 23.2. The average Bonchev–Trinajstić information content (AvgIpc) is 2.41. The number of halogens is 1. The first-order chi connectivity index (χ1) is 9.49. The summed E-state index contributed by atoms with van der Waals surface area (Å²) in [5, 5.41) is 13.2. The molecular formula is C13H18FN3O3. The number of carbonyl (C=O) groups is 1. The first-order valence-corrected chi connectivity index (χ1v) is 6.45. The Bertz CT molecular complexity index is 490. The van der Waals surface area contributed by atoms with Crippen molar-refractivity contribution in [3.8, 4) is 0 Å². The van der Waals surface area contributed by atoms with Gasteiger partial charge in [0, 0.05) is 32.1 Å². The highest BCUT2D eigenvalue weighted by Gasteiger charge is 2.12. The Labute approximate surface area is 116 Å². The lowest BCUT2D eigenvalue weighted by Crippen LogP contribution is -2.31. The van der Waals surface area contributed by atoms with Crippen molar-refractivity contribution in [3.63, 3.8) is 0 Å². The van der Waals surface area contributed by atoms with Crippen LogP contribution in [0.2, 0.25) is 0 Å². The smallest absolute Gasteiger partial charge is 0.272 e. The van der Waals surface area contributed by atoms with Crippen molar-refractivity contribution in [1.82, 2.24) is 4.90 Å². The molecule has 110 valence electrons. The number of benzene rings is 1. The number of non-ortho nitro benzene ring substituents is 1. The molecule has 20 heavy (non-hydrogen) atoms. The van der Waals surface area contributed by atoms with Crippen LogP contribution in [0.4, 0.5) is 15.8 Å². The monoisotopic (exact) mass is 283 g/mol. The highest BCUT2D eigenvalue weighted by Crippen LogP contribution is 2.20. The molecule has 0 fully saturated rings. The first-order valence-electron chi connectivity index (χ1n) is 6.45. The van der Waals surface area contributed by atoms with Gasteiger partial charge in [-0.1, -0.05) is 0 Å². The fraction of sp³-hybridized carbons (Fsp3) is 0.462. The summed E-state index contributed by atoms with van der Waals surface area (Å²) in [5.74, 6) is -0.709. The van der Waals surface area contributed by atoms with Crippen molar-refractivity contribution in [2.24, 2.45) is 0 Å². The Balaban J connectivity index is 2.54. The second kappa shape index (κ2) is 7.42. The molecule has 0 aliphatic rings. The zero-order chi connectivity index (χ0) is 15.1. The van der Waals surface area contributed by atoms with Crippen molar-refractivity contribution in [1.29, 1.82) is 0 Å². The van der Waals surface area contributed by atoms with E-state index in [2.05, 4.69) is 5.32 Å². The Hall–Kier alpha value is -2.18. The van der Waals surface area contributed by atoms with E-state index in [0.717, 1.165) is 6.07 Å². The molecular weight excluding hydrogens is 265 g/mol. The minimum Gasteiger partial charge on any atom is -0.382 e. The molecule has 0 saturated carbocycles. The number of amides is 1. The number of hydrogen-bond acceptors (Lipinski definition) is 4. The van der Waals surface area contributed by atoms with Gasteiger partial charge in [-0.2, -0.15) is 0 Å². The maximum atomic E-state index is 13.6. The minimum absolute atomic E-state index is 0.00943. The Morgan fingerprint density at radius 3 is 2.55 bits per heavy atom. The predicted molar refractivity (Wildman–Crippen MR) is 74.1 cm³/mol. The number of nitro benzene ring substituents is 1. The van der Waals surface area contributed by atoms with E-state index < -0.39 is 10.7 Å². The quantitative estimate of drug-likeness (QED) is 0.616. The molecule has 1 N–H and O–H groups in total. The average molecular weight is 283 g/mol. The van der Waals surface area contributed by atoms with Gasteiger partial charge in [-0.15, -0.1) is 0 Å². The van der Waals surface area contributed by atoms with E-state index in [9.17, 15) is 19.3 Å². The topological polar surface area (TPSA) is 75.5 Å². The van der Waals surface area contributed by atoms with E-state index in [4.69, 9.17) is 0 Å². The van der Waals surface area contributed by atoms with Gasteiger partial charge in [-0.05, 0) is 19.9 Å². The van der Waals surface area contributed by atoms with Crippen LogP contribution in [0.3, 0.4) is 0 Å². The second-order valence-corrected chi connectivity index (χ2v) is 4.16. The number of nitrogens with zero attached hydrogens (tertiary/aromatic N) is 2. The highest BCUT2D eigenvalue weighted by molar-refractivity contribution is 5.76. The molecule has 1 rings (SSSR count). The summed E-state index contributed by atoms with van der Waals surface area (Å²) in [6.07, 6.45) is 0.248. The van der Waals surface area contributed by atoms with Crippen LogP contribution in [0, 0.1) is 15.9 Å². The number of nitro groups is 1. The van der Waals surface area contributed by atoms with Gasteiger partial charge in [-0.3, -0.25) is 14.9 Å². The normalized spacial score (nSPS) is 10.2. The lowest BCUT2D eigenvalue weighted by Gasteiger charge is -2.18. The third-order valence-electron chi connectivity index (χ3n) is 2.93. The third kappa shape index (κ3) is 4.18. The lowest BCUT2D eigenvalue weighted by atomic mass is 10.2. The fourth-order valence-electron chi connectivity index (χ4n) is 1.80. The van der Waals surface area contributed by atoms with E-state index in [1.807, 2.05) is 13.8 Å². The largest absolute Gasteiger partial charge is 0.382 e. The van der Waals surface area contributed by atoms with Crippen molar-refractivity contribution >= 4 is 17.3 Å². The van der Waals surface area contributed by atoms with E-state index in [1.165, 1.54) is 12.1 Å². The SMILES string of the molecule is CCN(CC)C(=O)CCNc1ccc([N+](=O)[O-])cc1F. The Morgan fingerprint density at radius 2 is 2.05 bits per heavy atom. The van der Waals surface area contributed by atoms with Crippen LogP contribution in [0.25, 0.3) is 0 Å². The van der Waals surface area contributed by atoms with Crippen molar-refractivity contribution < 1.29 is 14.1 Å². The molecule has 0 aliphatic heterocycles.